The van der Waals surface area contributed by atoms with Gasteiger partial charge in [0.1, 0.15) is 11.5 Å². The second-order valence-corrected chi connectivity index (χ2v) is 7.74. The number of halogens is 8. The van der Waals surface area contributed by atoms with Crippen molar-refractivity contribution in [2.45, 2.75) is 12.4 Å². The molecule has 8 nitrogen and oxygen atoms in total. The van der Waals surface area contributed by atoms with Gasteiger partial charge in [0.05, 0.1) is 28.9 Å². The van der Waals surface area contributed by atoms with Crippen molar-refractivity contribution in [3.8, 4) is 17.2 Å². The average Bonchev–Trinajstić information content (AvgIpc) is 3.24. The van der Waals surface area contributed by atoms with Gasteiger partial charge in [-0.2, -0.15) is 31.0 Å². The van der Waals surface area contributed by atoms with Crippen LogP contribution in [0.4, 0.5) is 32.0 Å². The van der Waals surface area contributed by atoms with Gasteiger partial charge in [0.25, 0.3) is 5.82 Å². The monoisotopic (exact) mass is 619 g/mol. The van der Waals surface area contributed by atoms with E-state index in [-0.39, 0.29) is 11.4 Å². The minimum absolute atomic E-state index is 0.0370. The first-order valence-corrected chi connectivity index (χ1v) is 10.3. The largest absolute Gasteiger partial charge is 0.496 e. The molecule has 2 aromatic carbocycles. The SMILES string of the molecule is COc1ccc(-n2nnnc2C(F)(F)F)cc1Br.COc1ccc(NC(=O)C(F)(F)F)cc1Br. The van der Waals surface area contributed by atoms with Crippen molar-refractivity contribution in [1.29, 1.82) is 0 Å². The molecule has 0 atom stereocenters. The van der Waals surface area contributed by atoms with E-state index in [1.54, 1.807) is 5.32 Å². The number of tetrazole rings is 1. The van der Waals surface area contributed by atoms with Gasteiger partial charge in [0.15, 0.2) is 0 Å². The molecule has 34 heavy (non-hydrogen) atoms. The van der Waals surface area contributed by atoms with Crippen molar-refractivity contribution in [3.05, 3.63) is 51.2 Å². The zero-order chi connectivity index (χ0) is 25.7. The van der Waals surface area contributed by atoms with Crippen LogP contribution >= 0.6 is 31.9 Å². The number of methoxy groups -OCH3 is 2. The Morgan fingerprint density at radius 1 is 0.941 bits per heavy atom. The van der Waals surface area contributed by atoms with E-state index >= 15 is 0 Å². The van der Waals surface area contributed by atoms with Crippen LogP contribution in [0.5, 0.6) is 11.5 Å². The van der Waals surface area contributed by atoms with E-state index in [2.05, 4.69) is 47.4 Å². The first kappa shape index (κ1) is 27.4. The first-order valence-electron chi connectivity index (χ1n) is 8.69. The van der Waals surface area contributed by atoms with Gasteiger partial charge in [-0.15, -0.1) is 5.10 Å². The molecule has 0 bridgehead atoms. The summed E-state index contributed by atoms with van der Waals surface area (Å²) in [5.74, 6) is -2.23. The number of aromatic nitrogens is 4. The lowest BCUT2D eigenvalue weighted by Crippen LogP contribution is -2.29. The number of alkyl halides is 6. The molecule has 0 saturated heterocycles. The van der Waals surface area contributed by atoms with Crippen LogP contribution in [0.2, 0.25) is 0 Å². The van der Waals surface area contributed by atoms with Gasteiger partial charge in [-0.1, -0.05) is 0 Å². The number of amides is 1. The zero-order valence-corrected chi connectivity index (χ0v) is 20.2. The minimum Gasteiger partial charge on any atom is -0.496 e. The number of carbonyl (C=O) groups is 1. The van der Waals surface area contributed by atoms with Crippen molar-refractivity contribution < 1.29 is 40.6 Å². The molecule has 3 rings (SSSR count). The summed E-state index contributed by atoms with van der Waals surface area (Å²) in [6.45, 7) is 0. The van der Waals surface area contributed by atoms with Crippen molar-refractivity contribution in [3.63, 3.8) is 0 Å². The topological polar surface area (TPSA) is 91.2 Å². The maximum atomic E-state index is 12.6. The van der Waals surface area contributed by atoms with E-state index in [4.69, 9.17) is 9.47 Å². The van der Waals surface area contributed by atoms with Crippen LogP contribution in [-0.2, 0) is 11.0 Å². The molecule has 0 unspecified atom stereocenters. The van der Waals surface area contributed by atoms with E-state index in [1.807, 2.05) is 0 Å². The van der Waals surface area contributed by atoms with E-state index < -0.39 is 24.1 Å². The summed E-state index contributed by atoms with van der Waals surface area (Å²) < 4.78 is 85.1. The van der Waals surface area contributed by atoms with Crippen LogP contribution in [0.1, 0.15) is 5.82 Å². The van der Waals surface area contributed by atoms with E-state index in [0.29, 0.717) is 25.1 Å². The van der Waals surface area contributed by atoms with Crippen molar-refractivity contribution in [2.24, 2.45) is 0 Å². The predicted octanol–water partition coefficient (Wildman–Crippen LogP) is 5.41. The highest BCUT2D eigenvalue weighted by Gasteiger charge is 2.39. The molecule has 0 fully saturated rings. The summed E-state index contributed by atoms with van der Waals surface area (Å²) in [4.78, 5) is 10.6. The van der Waals surface area contributed by atoms with E-state index in [9.17, 15) is 31.1 Å². The second kappa shape index (κ2) is 11.0. The zero-order valence-electron chi connectivity index (χ0n) is 17.0. The molecular weight excluding hydrogens is 608 g/mol. The summed E-state index contributed by atoms with van der Waals surface area (Å²) in [6, 6.07) is 8.45. The normalized spacial score (nSPS) is 11.4. The van der Waals surface area contributed by atoms with Crippen LogP contribution in [0.3, 0.4) is 0 Å². The predicted molar refractivity (Wildman–Crippen MR) is 114 cm³/mol. The fourth-order valence-corrected chi connectivity index (χ4v) is 3.34. The number of hydrogen-bond donors (Lipinski definition) is 1. The second-order valence-electron chi connectivity index (χ2n) is 6.03. The summed E-state index contributed by atoms with van der Waals surface area (Å²) >= 11 is 6.27. The molecule has 1 aromatic heterocycles. The van der Waals surface area contributed by atoms with Gasteiger partial charge >= 0.3 is 18.3 Å². The highest BCUT2D eigenvalue weighted by Crippen LogP contribution is 2.31. The van der Waals surface area contributed by atoms with Gasteiger partial charge in [-0.3, -0.25) is 4.79 Å². The fraction of sp³-hybridized carbons (Fsp3) is 0.222. The number of ether oxygens (including phenoxy) is 2. The Kier molecular flexibility index (Phi) is 8.88. The molecule has 0 aliphatic rings. The molecule has 0 aliphatic carbocycles. The Bertz CT molecular complexity index is 1150. The van der Waals surface area contributed by atoms with Crippen LogP contribution in [0.15, 0.2) is 45.3 Å². The summed E-state index contributed by atoms with van der Waals surface area (Å²) in [5.41, 5.74) is 0.218. The van der Waals surface area contributed by atoms with Crippen molar-refractivity contribution in [1.82, 2.24) is 20.2 Å². The molecule has 16 heteroatoms. The number of benzene rings is 2. The molecular formula is C18H13Br2F6N5O3. The molecule has 0 aliphatic heterocycles. The van der Waals surface area contributed by atoms with Gasteiger partial charge < -0.3 is 14.8 Å². The Morgan fingerprint density at radius 2 is 1.50 bits per heavy atom. The van der Waals surface area contributed by atoms with Gasteiger partial charge in [-0.05, 0) is 78.7 Å². The maximum Gasteiger partial charge on any atom is 0.471 e. The van der Waals surface area contributed by atoms with Crippen LogP contribution in [0, 0.1) is 0 Å². The number of nitrogens with one attached hydrogen (secondary N) is 1. The molecule has 1 amide bonds. The Hall–Kier alpha value is -2.88. The van der Waals surface area contributed by atoms with Crippen LogP contribution in [-0.4, -0.2) is 46.5 Å². The lowest BCUT2D eigenvalue weighted by atomic mass is 10.3. The quantitative estimate of drug-likeness (QED) is 0.392. The number of rotatable bonds is 4. The smallest absolute Gasteiger partial charge is 0.471 e. The lowest BCUT2D eigenvalue weighted by molar-refractivity contribution is -0.167. The molecule has 3 aromatic rings. The minimum atomic E-state index is -4.90. The third-order valence-corrected chi connectivity index (χ3v) is 5.01. The van der Waals surface area contributed by atoms with Crippen LogP contribution in [0.25, 0.3) is 5.69 Å². The maximum absolute atomic E-state index is 12.6. The number of hydrogen-bond acceptors (Lipinski definition) is 6. The Labute approximate surface area is 204 Å². The third-order valence-electron chi connectivity index (χ3n) is 3.77. The molecule has 0 spiro atoms. The van der Waals surface area contributed by atoms with Crippen molar-refractivity contribution >= 4 is 43.5 Å². The fourth-order valence-electron chi connectivity index (χ4n) is 2.27. The van der Waals surface area contributed by atoms with E-state index in [0.717, 1.165) is 0 Å². The number of carbonyl (C=O) groups excluding carboxylic acids is 1. The molecule has 0 saturated carbocycles. The molecule has 0 radical (unpaired) electrons. The van der Waals surface area contributed by atoms with Crippen LogP contribution < -0.4 is 14.8 Å². The molecule has 1 heterocycles. The van der Waals surface area contributed by atoms with Gasteiger partial charge in [0.2, 0.25) is 0 Å². The third kappa shape index (κ3) is 7.06. The number of nitrogens with zero attached hydrogens (tertiary/aromatic N) is 4. The summed E-state index contributed by atoms with van der Waals surface area (Å²) in [6.07, 6.45) is -9.51. The Balaban J connectivity index is 0.000000242. The lowest BCUT2D eigenvalue weighted by Gasteiger charge is -2.09. The van der Waals surface area contributed by atoms with Gasteiger partial charge in [-0.25, -0.2) is 0 Å². The Morgan fingerprint density at radius 3 is 1.97 bits per heavy atom. The molecule has 1 N–H and O–H groups in total. The number of anilines is 1. The van der Waals surface area contributed by atoms with Crippen molar-refractivity contribution in [2.75, 3.05) is 19.5 Å². The summed E-state index contributed by atoms with van der Waals surface area (Å²) in [7, 11) is 2.88. The highest BCUT2D eigenvalue weighted by molar-refractivity contribution is 9.10. The summed E-state index contributed by atoms with van der Waals surface area (Å²) in [5, 5.41) is 11.0. The van der Waals surface area contributed by atoms with Gasteiger partial charge in [0, 0.05) is 5.69 Å². The average molecular weight is 621 g/mol. The first-order chi connectivity index (χ1) is 15.8. The molecule has 184 valence electrons. The standard InChI is InChI=1S/C9H6BrF3N4O.C9H7BrF3NO2/c1-18-7-3-2-5(4-6(7)10)17-8(9(11,12)13)14-15-16-17;1-16-7-3-2-5(4-6(7)10)14-8(15)9(11,12)13/h2-4H,1H3;2-4H,1H3,(H,14,15). The van der Waals surface area contributed by atoms with E-state index in [1.165, 1.54) is 50.6 Å². The highest BCUT2D eigenvalue weighted by atomic mass is 79.9.